The van der Waals surface area contributed by atoms with Gasteiger partial charge in [-0.2, -0.15) is 5.10 Å². The van der Waals surface area contributed by atoms with Crippen LogP contribution in [0.2, 0.25) is 0 Å². The smallest absolute Gasteiger partial charge is 0.110 e. The summed E-state index contributed by atoms with van der Waals surface area (Å²) in [4.78, 5) is 4.42. The van der Waals surface area contributed by atoms with E-state index in [1.54, 1.807) is 6.20 Å². The predicted octanol–water partition coefficient (Wildman–Crippen LogP) is 2.88. The van der Waals surface area contributed by atoms with Crippen molar-refractivity contribution in [1.29, 1.82) is 0 Å². The van der Waals surface area contributed by atoms with Crippen molar-refractivity contribution in [3.8, 4) is 0 Å². The van der Waals surface area contributed by atoms with Gasteiger partial charge in [0.25, 0.3) is 0 Å². The second kappa shape index (κ2) is 4.49. The lowest BCUT2D eigenvalue weighted by atomic mass is 10.2. The number of pyridine rings is 1. The van der Waals surface area contributed by atoms with Crippen molar-refractivity contribution in [2.24, 2.45) is 0 Å². The van der Waals surface area contributed by atoms with Gasteiger partial charge >= 0.3 is 0 Å². The fourth-order valence-electron chi connectivity index (χ4n) is 2.00. The van der Waals surface area contributed by atoms with Crippen LogP contribution in [0.4, 0.5) is 5.69 Å². The zero-order valence-electron chi connectivity index (χ0n) is 10.1. The number of benzene rings is 1. The number of fused-ring (bicyclic) bond motifs is 1. The van der Waals surface area contributed by atoms with Crippen LogP contribution in [-0.2, 0) is 6.54 Å². The summed E-state index contributed by atoms with van der Waals surface area (Å²) in [5, 5.41) is 10.4. The molecule has 0 atom stereocenters. The Balaban J connectivity index is 1.88. The molecule has 0 aliphatic carbocycles. The summed E-state index contributed by atoms with van der Waals surface area (Å²) in [7, 11) is 0. The second-order valence-electron chi connectivity index (χ2n) is 4.28. The Morgan fingerprint density at radius 1 is 1.22 bits per heavy atom. The van der Waals surface area contributed by atoms with E-state index in [1.807, 2.05) is 31.2 Å². The molecule has 1 aromatic carbocycles. The Hall–Kier alpha value is -2.36. The Bertz CT molecular complexity index is 658. The maximum atomic E-state index is 4.42. The summed E-state index contributed by atoms with van der Waals surface area (Å²) in [6, 6.07) is 12.3. The number of aromatic nitrogens is 3. The van der Waals surface area contributed by atoms with Crippen LogP contribution >= 0.6 is 0 Å². The van der Waals surface area contributed by atoms with Crippen LogP contribution in [0.5, 0.6) is 0 Å². The number of aromatic amines is 1. The highest BCUT2D eigenvalue weighted by molar-refractivity contribution is 5.87. The molecule has 0 radical (unpaired) electrons. The highest BCUT2D eigenvalue weighted by Gasteiger charge is 2.05. The summed E-state index contributed by atoms with van der Waals surface area (Å²) in [5.74, 6) is 0. The Labute approximate surface area is 105 Å². The van der Waals surface area contributed by atoms with Gasteiger partial charge in [0, 0.05) is 12.2 Å². The lowest BCUT2D eigenvalue weighted by Gasteiger charge is -2.08. The van der Waals surface area contributed by atoms with Gasteiger partial charge in [-0.15, -0.1) is 0 Å². The molecule has 0 saturated carbocycles. The van der Waals surface area contributed by atoms with Gasteiger partial charge in [-0.3, -0.25) is 5.10 Å². The number of aryl methyl sites for hydroxylation is 1. The summed E-state index contributed by atoms with van der Waals surface area (Å²) in [6.07, 6.45) is 1.75. The molecule has 2 heterocycles. The van der Waals surface area contributed by atoms with Crippen molar-refractivity contribution in [1.82, 2.24) is 15.2 Å². The molecule has 2 aromatic heterocycles. The zero-order valence-corrected chi connectivity index (χ0v) is 10.1. The van der Waals surface area contributed by atoms with Gasteiger partial charge in [-0.05, 0) is 18.6 Å². The van der Waals surface area contributed by atoms with Gasteiger partial charge in [0.05, 0.1) is 11.9 Å². The maximum absolute atomic E-state index is 4.42. The molecule has 4 nitrogen and oxygen atoms in total. The fourth-order valence-corrected chi connectivity index (χ4v) is 2.00. The molecule has 0 saturated heterocycles. The maximum Gasteiger partial charge on any atom is 0.110 e. The van der Waals surface area contributed by atoms with E-state index in [4.69, 9.17) is 0 Å². The molecule has 0 bridgehead atoms. The van der Waals surface area contributed by atoms with E-state index >= 15 is 0 Å². The number of H-pyrrole nitrogens is 1. The van der Waals surface area contributed by atoms with Gasteiger partial charge in [0.2, 0.25) is 0 Å². The average molecular weight is 238 g/mol. The van der Waals surface area contributed by atoms with Crippen LogP contribution in [-0.4, -0.2) is 15.2 Å². The first-order valence-corrected chi connectivity index (χ1v) is 5.91. The summed E-state index contributed by atoms with van der Waals surface area (Å²) < 4.78 is 0. The largest absolute Gasteiger partial charge is 0.379 e. The van der Waals surface area contributed by atoms with Crippen molar-refractivity contribution >= 4 is 16.7 Å². The molecule has 0 unspecified atom stereocenters. The third-order valence-electron chi connectivity index (χ3n) is 2.86. The number of hydrogen-bond donors (Lipinski definition) is 2. The average Bonchev–Trinajstić information content (AvgIpc) is 2.85. The Kier molecular flexibility index (Phi) is 2.68. The minimum Gasteiger partial charge on any atom is -0.379 e. The van der Waals surface area contributed by atoms with Crippen molar-refractivity contribution in [2.75, 3.05) is 5.32 Å². The summed E-state index contributed by atoms with van der Waals surface area (Å²) in [5.41, 5.74) is 5.13. The van der Waals surface area contributed by atoms with Crippen LogP contribution < -0.4 is 5.32 Å². The summed E-state index contributed by atoms with van der Waals surface area (Å²) >= 11 is 0. The van der Waals surface area contributed by atoms with Gasteiger partial charge in [-0.25, -0.2) is 4.98 Å². The molecule has 4 heteroatoms. The second-order valence-corrected chi connectivity index (χ2v) is 4.28. The summed E-state index contributed by atoms with van der Waals surface area (Å²) in [6.45, 7) is 2.78. The van der Waals surface area contributed by atoms with Crippen molar-refractivity contribution in [2.45, 2.75) is 13.5 Å². The zero-order chi connectivity index (χ0) is 12.4. The van der Waals surface area contributed by atoms with E-state index in [2.05, 4.69) is 32.6 Å². The number of nitrogens with zero attached hydrogens (tertiary/aromatic N) is 2. The quantitative estimate of drug-likeness (QED) is 0.737. The molecule has 90 valence electrons. The molecular formula is C14H14N4. The molecule has 3 rings (SSSR count). The van der Waals surface area contributed by atoms with Gasteiger partial charge in [-0.1, -0.05) is 30.3 Å². The normalized spacial score (nSPS) is 10.7. The van der Waals surface area contributed by atoms with E-state index in [1.165, 1.54) is 5.56 Å². The van der Waals surface area contributed by atoms with E-state index in [9.17, 15) is 0 Å². The molecular weight excluding hydrogens is 224 g/mol. The molecule has 0 aliphatic rings. The van der Waals surface area contributed by atoms with Gasteiger partial charge < -0.3 is 5.32 Å². The molecule has 0 amide bonds. The van der Waals surface area contributed by atoms with Crippen LogP contribution in [0.15, 0.2) is 42.6 Å². The van der Waals surface area contributed by atoms with Crippen molar-refractivity contribution < 1.29 is 0 Å². The molecule has 0 fully saturated rings. The topological polar surface area (TPSA) is 53.6 Å². The molecule has 0 spiro atoms. The Morgan fingerprint density at radius 3 is 2.89 bits per heavy atom. The third-order valence-corrected chi connectivity index (χ3v) is 2.86. The lowest BCUT2D eigenvalue weighted by molar-refractivity contribution is 1.11. The van der Waals surface area contributed by atoms with Crippen molar-refractivity contribution in [3.63, 3.8) is 0 Å². The van der Waals surface area contributed by atoms with Crippen LogP contribution in [0.1, 0.15) is 11.3 Å². The first kappa shape index (κ1) is 10.8. The van der Waals surface area contributed by atoms with Gasteiger partial charge in [0.1, 0.15) is 11.0 Å². The van der Waals surface area contributed by atoms with Crippen LogP contribution in [0, 0.1) is 6.92 Å². The van der Waals surface area contributed by atoms with E-state index in [0.717, 1.165) is 29.0 Å². The molecule has 18 heavy (non-hydrogen) atoms. The lowest BCUT2D eigenvalue weighted by Crippen LogP contribution is -2.01. The Morgan fingerprint density at radius 2 is 2.06 bits per heavy atom. The first-order valence-electron chi connectivity index (χ1n) is 5.91. The number of hydrogen-bond acceptors (Lipinski definition) is 3. The first-order chi connectivity index (χ1) is 8.83. The van der Waals surface area contributed by atoms with Crippen LogP contribution in [0.25, 0.3) is 11.0 Å². The fraction of sp³-hybridized carbons (Fsp3) is 0.143. The molecule has 2 N–H and O–H groups in total. The van der Waals surface area contributed by atoms with E-state index in [0.29, 0.717) is 0 Å². The number of rotatable bonds is 3. The highest BCUT2D eigenvalue weighted by atomic mass is 15.1. The van der Waals surface area contributed by atoms with E-state index < -0.39 is 0 Å². The minimum absolute atomic E-state index is 0.790. The molecule has 0 aliphatic heterocycles. The monoisotopic (exact) mass is 238 g/mol. The SMILES string of the molecule is Cc1cc(NCc2ccccc2)c2[nH]ncc2n1. The predicted molar refractivity (Wildman–Crippen MR) is 72.4 cm³/mol. The number of nitrogens with one attached hydrogen (secondary N) is 2. The van der Waals surface area contributed by atoms with Crippen LogP contribution in [0.3, 0.4) is 0 Å². The minimum atomic E-state index is 0.790. The standard InChI is InChI=1S/C14H14N4/c1-10-7-12(14-13(17-10)9-16-18-14)15-8-11-5-3-2-4-6-11/h2-7,9H,8H2,1H3,(H,15,17)(H,16,18). The van der Waals surface area contributed by atoms with Gasteiger partial charge in [0.15, 0.2) is 0 Å². The molecule has 3 aromatic rings. The number of anilines is 1. The third kappa shape index (κ3) is 2.05. The van der Waals surface area contributed by atoms with E-state index in [-0.39, 0.29) is 0 Å². The van der Waals surface area contributed by atoms with Crippen molar-refractivity contribution in [3.05, 3.63) is 53.9 Å². The highest BCUT2D eigenvalue weighted by Crippen LogP contribution is 2.21.